The van der Waals surface area contributed by atoms with Crippen LogP contribution in [0.2, 0.25) is 5.02 Å². The van der Waals surface area contributed by atoms with Crippen LogP contribution >= 0.6 is 34.3 Å². The van der Waals surface area contributed by atoms with E-state index in [0.717, 1.165) is 18.4 Å². The van der Waals surface area contributed by atoms with E-state index in [2.05, 4.69) is 11.4 Å². The minimum absolute atomic E-state index is 0.0335. The molecule has 3 heterocycles. The minimum Gasteiger partial charge on any atom is -0.491 e. The quantitative estimate of drug-likeness (QED) is 0.385. The summed E-state index contributed by atoms with van der Waals surface area (Å²) < 4.78 is 6.06. The van der Waals surface area contributed by atoms with Gasteiger partial charge in [0.05, 0.1) is 10.9 Å². The molecule has 0 saturated carbocycles. The molecule has 174 valence electrons. The fraction of sp³-hybridized carbons (Fsp3) is 0.360. The summed E-state index contributed by atoms with van der Waals surface area (Å²) in [6.07, 6.45) is 1.60. The van der Waals surface area contributed by atoms with Crippen molar-refractivity contribution < 1.29 is 14.3 Å². The van der Waals surface area contributed by atoms with Crippen molar-refractivity contribution in [2.24, 2.45) is 0 Å². The molecule has 1 aliphatic heterocycles. The summed E-state index contributed by atoms with van der Waals surface area (Å²) in [5, 5.41) is 4.61. The third-order valence-electron chi connectivity index (χ3n) is 6.06. The molecule has 5 nitrogen and oxygen atoms in total. The number of amides is 2. The summed E-state index contributed by atoms with van der Waals surface area (Å²) in [7, 11) is 0. The highest BCUT2D eigenvalue weighted by Gasteiger charge is 2.34. The monoisotopic (exact) mass is 502 g/mol. The molecular formula is C25H27ClN2O3S2. The molecule has 8 heteroatoms. The summed E-state index contributed by atoms with van der Waals surface area (Å²) in [5.41, 5.74) is 1.13. The first-order valence-electron chi connectivity index (χ1n) is 11.1. The van der Waals surface area contributed by atoms with Gasteiger partial charge in [0.25, 0.3) is 5.91 Å². The van der Waals surface area contributed by atoms with Crippen LogP contribution in [0.4, 0.5) is 0 Å². The van der Waals surface area contributed by atoms with Gasteiger partial charge < -0.3 is 14.5 Å². The van der Waals surface area contributed by atoms with Crippen molar-refractivity contribution in [3.8, 4) is 5.75 Å². The van der Waals surface area contributed by atoms with Gasteiger partial charge in [-0.05, 0) is 72.5 Å². The lowest BCUT2D eigenvalue weighted by atomic mass is 10.00. The lowest BCUT2D eigenvalue weighted by Gasteiger charge is -2.38. The van der Waals surface area contributed by atoms with Crippen molar-refractivity contribution in [1.29, 1.82) is 0 Å². The Morgan fingerprint density at radius 3 is 2.67 bits per heavy atom. The third kappa shape index (κ3) is 5.42. The third-order valence-corrected chi connectivity index (χ3v) is 8.16. The Balaban J connectivity index is 1.53. The van der Waals surface area contributed by atoms with Crippen LogP contribution in [0.5, 0.6) is 5.75 Å². The van der Waals surface area contributed by atoms with Gasteiger partial charge in [-0.25, -0.2) is 0 Å². The van der Waals surface area contributed by atoms with Crippen LogP contribution in [0.3, 0.4) is 0 Å². The second kappa shape index (κ2) is 10.7. The lowest BCUT2D eigenvalue weighted by Crippen LogP contribution is -2.49. The topological polar surface area (TPSA) is 49.9 Å². The molecule has 0 fully saturated rings. The van der Waals surface area contributed by atoms with E-state index in [0.29, 0.717) is 28.8 Å². The van der Waals surface area contributed by atoms with Gasteiger partial charge in [0.1, 0.15) is 18.9 Å². The Hall–Kier alpha value is -2.35. The molecule has 33 heavy (non-hydrogen) atoms. The SMILES string of the molecule is CC[C@H](C)N(CC(=O)N1CCc2sccc2[C@@H]1COc1ccc(Cl)cc1)C(=O)c1cccs1. The van der Waals surface area contributed by atoms with Crippen molar-refractivity contribution in [2.75, 3.05) is 19.7 Å². The summed E-state index contributed by atoms with van der Waals surface area (Å²) in [4.78, 5) is 32.2. The number of ether oxygens (including phenoxy) is 1. The zero-order valence-corrected chi connectivity index (χ0v) is 21.1. The van der Waals surface area contributed by atoms with E-state index in [1.54, 1.807) is 28.4 Å². The highest BCUT2D eigenvalue weighted by atomic mass is 35.5. The first-order chi connectivity index (χ1) is 16.0. The maximum absolute atomic E-state index is 13.6. The molecule has 0 spiro atoms. The van der Waals surface area contributed by atoms with Crippen LogP contribution in [0.25, 0.3) is 0 Å². The Morgan fingerprint density at radius 1 is 1.18 bits per heavy atom. The van der Waals surface area contributed by atoms with Gasteiger partial charge in [-0.15, -0.1) is 22.7 Å². The Kier molecular flexibility index (Phi) is 7.73. The number of nitrogens with zero attached hydrogens (tertiary/aromatic N) is 2. The molecule has 0 radical (unpaired) electrons. The van der Waals surface area contributed by atoms with E-state index in [-0.39, 0.29) is 30.4 Å². The van der Waals surface area contributed by atoms with Crippen molar-refractivity contribution in [1.82, 2.24) is 9.80 Å². The Labute approximate surface area is 207 Å². The minimum atomic E-state index is -0.196. The first-order valence-corrected chi connectivity index (χ1v) is 13.2. The van der Waals surface area contributed by atoms with Gasteiger partial charge >= 0.3 is 0 Å². The van der Waals surface area contributed by atoms with Gasteiger partial charge in [-0.3, -0.25) is 9.59 Å². The molecule has 0 saturated heterocycles. The molecule has 0 unspecified atom stereocenters. The van der Waals surface area contributed by atoms with Crippen molar-refractivity contribution in [3.05, 3.63) is 73.6 Å². The van der Waals surface area contributed by atoms with E-state index in [9.17, 15) is 9.59 Å². The van der Waals surface area contributed by atoms with Crippen molar-refractivity contribution in [2.45, 2.75) is 38.8 Å². The highest BCUT2D eigenvalue weighted by Crippen LogP contribution is 2.34. The highest BCUT2D eigenvalue weighted by molar-refractivity contribution is 7.12. The van der Waals surface area contributed by atoms with E-state index >= 15 is 0 Å². The average Bonchev–Trinajstić information content (AvgIpc) is 3.53. The molecule has 2 amide bonds. The summed E-state index contributed by atoms with van der Waals surface area (Å²) in [6.45, 7) is 5.04. The van der Waals surface area contributed by atoms with Crippen LogP contribution in [-0.2, 0) is 11.2 Å². The molecule has 0 bridgehead atoms. The number of hydrogen-bond acceptors (Lipinski definition) is 5. The normalized spacial score (nSPS) is 16.2. The van der Waals surface area contributed by atoms with Gasteiger partial charge in [0.15, 0.2) is 0 Å². The maximum atomic E-state index is 13.6. The van der Waals surface area contributed by atoms with Crippen molar-refractivity contribution in [3.63, 3.8) is 0 Å². The Bertz CT molecular complexity index is 1080. The second-order valence-electron chi connectivity index (χ2n) is 8.08. The first kappa shape index (κ1) is 23.8. The summed E-state index contributed by atoms with van der Waals surface area (Å²) in [5.74, 6) is 0.569. The Morgan fingerprint density at radius 2 is 1.97 bits per heavy atom. The van der Waals surface area contributed by atoms with E-state index in [4.69, 9.17) is 16.3 Å². The summed E-state index contributed by atoms with van der Waals surface area (Å²) in [6, 6.07) is 12.8. The molecule has 0 N–H and O–H groups in total. The molecule has 3 aromatic rings. The van der Waals surface area contributed by atoms with E-state index in [1.165, 1.54) is 16.2 Å². The zero-order valence-electron chi connectivity index (χ0n) is 18.7. The van der Waals surface area contributed by atoms with Crippen LogP contribution in [0, 0.1) is 0 Å². The van der Waals surface area contributed by atoms with Crippen LogP contribution < -0.4 is 4.74 Å². The number of rotatable bonds is 8. The predicted octanol–water partition coefficient (Wildman–Crippen LogP) is 5.91. The van der Waals surface area contributed by atoms with Crippen LogP contribution in [-0.4, -0.2) is 47.4 Å². The van der Waals surface area contributed by atoms with Crippen LogP contribution in [0.1, 0.15) is 46.4 Å². The predicted molar refractivity (Wildman–Crippen MR) is 135 cm³/mol. The molecule has 4 rings (SSSR count). The second-order valence-corrected chi connectivity index (χ2v) is 10.5. The fourth-order valence-electron chi connectivity index (χ4n) is 4.01. The number of benzene rings is 1. The maximum Gasteiger partial charge on any atom is 0.264 e. The summed E-state index contributed by atoms with van der Waals surface area (Å²) >= 11 is 9.11. The standard InChI is InChI=1S/C25H27ClN2O3S2/c1-3-17(2)28(25(30)23-5-4-13-32-23)15-24(29)27-12-10-22-20(11-14-33-22)21(27)16-31-19-8-6-18(26)7-9-19/h4-9,11,13-14,17,21H,3,10,12,15-16H2,1-2H3/t17-,21-/m0/s1. The lowest BCUT2D eigenvalue weighted by molar-refractivity contribution is -0.136. The van der Waals surface area contributed by atoms with Gasteiger partial charge in [-0.1, -0.05) is 24.6 Å². The zero-order chi connectivity index (χ0) is 23.4. The average molecular weight is 503 g/mol. The number of carbonyl (C=O) groups excluding carboxylic acids is 2. The van der Waals surface area contributed by atoms with Crippen LogP contribution in [0.15, 0.2) is 53.2 Å². The molecule has 1 aliphatic rings. The molecule has 2 aromatic heterocycles. The molecule has 0 aliphatic carbocycles. The number of hydrogen-bond donors (Lipinski definition) is 0. The molecular weight excluding hydrogens is 476 g/mol. The number of halogens is 1. The van der Waals surface area contributed by atoms with E-state index in [1.807, 2.05) is 48.4 Å². The van der Waals surface area contributed by atoms with E-state index < -0.39 is 0 Å². The fourth-order valence-corrected chi connectivity index (χ4v) is 5.74. The number of carbonyl (C=O) groups is 2. The molecule has 1 aromatic carbocycles. The van der Waals surface area contributed by atoms with Gasteiger partial charge in [-0.2, -0.15) is 0 Å². The van der Waals surface area contributed by atoms with Gasteiger partial charge in [0.2, 0.25) is 5.91 Å². The molecule has 2 atom stereocenters. The number of thiophene rings is 2. The van der Waals surface area contributed by atoms with Crippen molar-refractivity contribution >= 4 is 46.1 Å². The number of fused-ring (bicyclic) bond motifs is 1. The largest absolute Gasteiger partial charge is 0.491 e. The van der Waals surface area contributed by atoms with Gasteiger partial charge in [0, 0.05) is 22.5 Å². The smallest absolute Gasteiger partial charge is 0.264 e.